The largest absolute Gasteiger partial charge is 0.444 e. The molecule has 1 unspecified atom stereocenters. The highest BCUT2D eigenvalue weighted by Crippen LogP contribution is 2.34. The Morgan fingerprint density at radius 2 is 2.11 bits per heavy atom. The number of nitrogens with zero attached hydrogens (tertiary/aromatic N) is 1. The molecule has 3 heteroatoms. The van der Waals surface area contributed by atoms with Crippen LogP contribution < -0.4 is 5.32 Å². The van der Waals surface area contributed by atoms with Gasteiger partial charge in [0.15, 0.2) is 12.2 Å². The van der Waals surface area contributed by atoms with Gasteiger partial charge in [0.25, 0.3) is 0 Å². The van der Waals surface area contributed by atoms with Gasteiger partial charge in [-0.1, -0.05) is 12.8 Å². The topological polar surface area (TPSA) is 38.1 Å². The maximum atomic E-state index is 5.27. The van der Waals surface area contributed by atoms with Gasteiger partial charge in [-0.15, -0.1) is 0 Å². The van der Waals surface area contributed by atoms with Gasteiger partial charge in [-0.25, -0.2) is 4.98 Å². The first-order chi connectivity index (χ1) is 8.81. The van der Waals surface area contributed by atoms with E-state index in [4.69, 9.17) is 4.42 Å². The molecule has 2 aromatic rings. The zero-order chi connectivity index (χ0) is 12.4. The molecule has 3 rings (SSSR count). The van der Waals surface area contributed by atoms with Crippen molar-refractivity contribution in [2.45, 2.75) is 32.2 Å². The summed E-state index contributed by atoms with van der Waals surface area (Å²) in [6, 6.07) is 8.87. The molecule has 1 aliphatic rings. The number of nitrogens with one attached hydrogen (secondary N) is 1. The number of rotatable bonds is 5. The lowest BCUT2D eigenvalue weighted by Gasteiger charge is -2.14. The standard InChI is InChI=1S/C15H18N2O/c1-11(8-12-2-3-12)17-14-6-4-13(5-7-14)15-9-16-10-18-15/h4-7,9-12,17H,2-3,8H2,1H3. The number of hydrogen-bond donors (Lipinski definition) is 1. The predicted molar refractivity (Wildman–Crippen MR) is 72.4 cm³/mol. The van der Waals surface area contributed by atoms with Crippen molar-refractivity contribution < 1.29 is 4.42 Å². The second-order valence-electron chi connectivity index (χ2n) is 5.17. The Kier molecular flexibility index (Phi) is 3.05. The Morgan fingerprint density at radius 3 is 2.72 bits per heavy atom. The summed E-state index contributed by atoms with van der Waals surface area (Å²) in [6.07, 6.45) is 7.30. The Hall–Kier alpha value is -1.77. The minimum absolute atomic E-state index is 0.550. The van der Waals surface area contributed by atoms with Crippen LogP contribution in [-0.4, -0.2) is 11.0 Å². The third-order valence-electron chi connectivity index (χ3n) is 3.40. The molecular formula is C15H18N2O. The van der Waals surface area contributed by atoms with Crippen LogP contribution >= 0.6 is 0 Å². The SMILES string of the molecule is CC(CC1CC1)Nc1ccc(-c2cnco2)cc1. The molecule has 94 valence electrons. The Balaban J connectivity index is 1.63. The fourth-order valence-corrected chi connectivity index (χ4v) is 2.29. The molecule has 0 aliphatic heterocycles. The summed E-state index contributed by atoms with van der Waals surface area (Å²) >= 11 is 0. The smallest absolute Gasteiger partial charge is 0.181 e. The van der Waals surface area contributed by atoms with Crippen LogP contribution in [0, 0.1) is 5.92 Å². The summed E-state index contributed by atoms with van der Waals surface area (Å²) in [7, 11) is 0. The summed E-state index contributed by atoms with van der Waals surface area (Å²) in [6.45, 7) is 2.25. The van der Waals surface area contributed by atoms with Crippen LogP contribution in [0.25, 0.3) is 11.3 Å². The maximum Gasteiger partial charge on any atom is 0.181 e. The monoisotopic (exact) mass is 242 g/mol. The average molecular weight is 242 g/mol. The van der Waals surface area contributed by atoms with Gasteiger partial charge in [-0.3, -0.25) is 0 Å². The normalized spacial score (nSPS) is 16.5. The molecule has 0 saturated heterocycles. The quantitative estimate of drug-likeness (QED) is 0.863. The fraction of sp³-hybridized carbons (Fsp3) is 0.400. The molecule has 3 nitrogen and oxygen atoms in total. The van der Waals surface area contributed by atoms with Crippen molar-refractivity contribution in [2.24, 2.45) is 5.92 Å². The summed E-state index contributed by atoms with van der Waals surface area (Å²) < 4.78 is 5.27. The van der Waals surface area contributed by atoms with Crippen molar-refractivity contribution in [3.8, 4) is 11.3 Å². The van der Waals surface area contributed by atoms with Crippen LogP contribution in [0.4, 0.5) is 5.69 Å². The first kappa shape index (κ1) is 11.3. The van der Waals surface area contributed by atoms with E-state index < -0.39 is 0 Å². The molecule has 1 aromatic heterocycles. The van der Waals surface area contributed by atoms with Gasteiger partial charge < -0.3 is 9.73 Å². The average Bonchev–Trinajstić information content (AvgIpc) is 3.01. The molecule has 1 N–H and O–H groups in total. The minimum Gasteiger partial charge on any atom is -0.444 e. The summed E-state index contributed by atoms with van der Waals surface area (Å²) in [5.74, 6) is 1.77. The van der Waals surface area contributed by atoms with Gasteiger partial charge >= 0.3 is 0 Å². The first-order valence-corrected chi connectivity index (χ1v) is 6.57. The lowest BCUT2D eigenvalue weighted by Crippen LogP contribution is -2.15. The van der Waals surface area contributed by atoms with E-state index in [1.54, 1.807) is 6.20 Å². The van der Waals surface area contributed by atoms with E-state index in [0.717, 1.165) is 17.2 Å². The van der Waals surface area contributed by atoms with Crippen molar-refractivity contribution in [3.05, 3.63) is 36.9 Å². The van der Waals surface area contributed by atoms with Gasteiger partial charge in [-0.2, -0.15) is 0 Å². The van der Waals surface area contributed by atoms with Gasteiger partial charge in [-0.05, 0) is 43.5 Å². The molecule has 1 aromatic carbocycles. The number of aromatic nitrogens is 1. The molecule has 0 amide bonds. The van der Waals surface area contributed by atoms with Gasteiger partial charge in [0.2, 0.25) is 0 Å². The third kappa shape index (κ3) is 2.73. The van der Waals surface area contributed by atoms with Crippen molar-refractivity contribution in [2.75, 3.05) is 5.32 Å². The molecule has 0 spiro atoms. The second-order valence-corrected chi connectivity index (χ2v) is 5.17. The zero-order valence-corrected chi connectivity index (χ0v) is 10.6. The van der Waals surface area contributed by atoms with Crippen LogP contribution in [0.15, 0.2) is 41.3 Å². The number of hydrogen-bond acceptors (Lipinski definition) is 3. The Morgan fingerprint density at radius 1 is 1.33 bits per heavy atom. The highest BCUT2D eigenvalue weighted by Gasteiger charge is 2.23. The lowest BCUT2D eigenvalue weighted by molar-refractivity contribution is 0.572. The van der Waals surface area contributed by atoms with Crippen molar-refractivity contribution in [1.82, 2.24) is 4.98 Å². The Labute approximate surface area is 107 Å². The van der Waals surface area contributed by atoms with Gasteiger partial charge in [0.1, 0.15) is 0 Å². The molecule has 1 atom stereocenters. The van der Waals surface area contributed by atoms with E-state index in [9.17, 15) is 0 Å². The molecule has 0 radical (unpaired) electrons. The zero-order valence-electron chi connectivity index (χ0n) is 10.6. The van der Waals surface area contributed by atoms with E-state index >= 15 is 0 Å². The van der Waals surface area contributed by atoms with E-state index in [1.165, 1.54) is 31.3 Å². The van der Waals surface area contributed by atoms with Crippen LogP contribution in [0.3, 0.4) is 0 Å². The van der Waals surface area contributed by atoms with E-state index in [1.807, 2.05) is 0 Å². The highest BCUT2D eigenvalue weighted by atomic mass is 16.3. The highest BCUT2D eigenvalue weighted by molar-refractivity contribution is 5.60. The van der Waals surface area contributed by atoms with Gasteiger partial charge in [0, 0.05) is 17.3 Å². The third-order valence-corrected chi connectivity index (χ3v) is 3.40. The molecular weight excluding hydrogens is 224 g/mol. The van der Waals surface area contributed by atoms with Crippen LogP contribution in [0.5, 0.6) is 0 Å². The molecule has 1 heterocycles. The fourth-order valence-electron chi connectivity index (χ4n) is 2.29. The predicted octanol–water partition coefficient (Wildman–Crippen LogP) is 3.94. The van der Waals surface area contributed by atoms with E-state index in [2.05, 4.69) is 41.5 Å². The molecule has 1 aliphatic carbocycles. The van der Waals surface area contributed by atoms with E-state index in [-0.39, 0.29) is 0 Å². The van der Waals surface area contributed by atoms with Crippen molar-refractivity contribution >= 4 is 5.69 Å². The minimum atomic E-state index is 0.550. The maximum absolute atomic E-state index is 5.27. The second kappa shape index (κ2) is 4.84. The Bertz CT molecular complexity index is 486. The summed E-state index contributed by atoms with van der Waals surface area (Å²) in [5.41, 5.74) is 2.24. The van der Waals surface area contributed by atoms with Crippen LogP contribution in [-0.2, 0) is 0 Å². The lowest BCUT2D eigenvalue weighted by atomic mass is 10.1. The number of anilines is 1. The molecule has 18 heavy (non-hydrogen) atoms. The summed E-state index contributed by atoms with van der Waals surface area (Å²) in [4.78, 5) is 3.93. The molecule has 1 saturated carbocycles. The van der Waals surface area contributed by atoms with Crippen LogP contribution in [0.2, 0.25) is 0 Å². The first-order valence-electron chi connectivity index (χ1n) is 6.57. The molecule has 1 fully saturated rings. The molecule has 0 bridgehead atoms. The number of benzene rings is 1. The van der Waals surface area contributed by atoms with Gasteiger partial charge in [0.05, 0.1) is 6.20 Å². The number of oxazole rings is 1. The summed E-state index contributed by atoms with van der Waals surface area (Å²) in [5, 5.41) is 3.54. The van der Waals surface area contributed by atoms with Crippen LogP contribution in [0.1, 0.15) is 26.2 Å². The van der Waals surface area contributed by atoms with E-state index in [0.29, 0.717) is 6.04 Å². The van der Waals surface area contributed by atoms with Crippen molar-refractivity contribution in [1.29, 1.82) is 0 Å². The van der Waals surface area contributed by atoms with Crippen molar-refractivity contribution in [3.63, 3.8) is 0 Å².